The van der Waals surface area contributed by atoms with Crippen molar-refractivity contribution in [2.45, 2.75) is 0 Å². The number of rotatable bonds is 1. The molecular weight excluding hydrogens is 294 g/mol. The lowest BCUT2D eigenvalue weighted by Crippen LogP contribution is -1.90. The number of aromatic nitrogens is 3. The van der Waals surface area contributed by atoms with E-state index < -0.39 is 0 Å². The van der Waals surface area contributed by atoms with E-state index in [1.165, 1.54) is 0 Å². The molecule has 0 bridgehead atoms. The van der Waals surface area contributed by atoms with Gasteiger partial charge in [-0.2, -0.15) is 0 Å². The number of nitrogens with zero attached hydrogens (tertiary/aromatic N) is 3. The van der Waals surface area contributed by atoms with E-state index in [2.05, 4.69) is 58.5 Å². The van der Waals surface area contributed by atoms with Crippen molar-refractivity contribution in [2.24, 2.45) is 0 Å². The predicted octanol–water partition coefficient (Wildman–Crippen LogP) is 5.00. The first kappa shape index (κ1) is 13.1. The molecule has 0 saturated carbocycles. The van der Waals surface area contributed by atoms with E-state index in [1.54, 1.807) is 0 Å². The number of benzene rings is 2. The molecular formula is C21H13N3. The van der Waals surface area contributed by atoms with Crippen LogP contribution in [0.25, 0.3) is 44.0 Å². The molecule has 0 aliphatic heterocycles. The van der Waals surface area contributed by atoms with Crippen molar-refractivity contribution in [3.8, 4) is 11.3 Å². The maximum atomic E-state index is 4.92. The molecule has 0 N–H and O–H groups in total. The SMILES string of the molecule is c1cnc2c(-c3ccc4ccc5cccnc5c4n3)cccc2c1. The summed E-state index contributed by atoms with van der Waals surface area (Å²) in [6.07, 6.45) is 3.64. The Morgan fingerprint density at radius 3 is 1.96 bits per heavy atom. The lowest BCUT2D eigenvalue weighted by Gasteiger charge is -2.08. The van der Waals surface area contributed by atoms with Crippen LogP contribution in [0.4, 0.5) is 0 Å². The van der Waals surface area contributed by atoms with Crippen LogP contribution in [0.3, 0.4) is 0 Å². The zero-order valence-corrected chi connectivity index (χ0v) is 12.8. The first-order chi connectivity index (χ1) is 11.9. The molecule has 2 aromatic carbocycles. The van der Waals surface area contributed by atoms with Crippen LogP contribution in [0.15, 0.2) is 79.1 Å². The van der Waals surface area contributed by atoms with Crippen LogP contribution in [0.1, 0.15) is 0 Å². The Morgan fingerprint density at radius 2 is 1.12 bits per heavy atom. The molecule has 0 fully saturated rings. The summed E-state index contributed by atoms with van der Waals surface area (Å²) in [6.45, 7) is 0. The van der Waals surface area contributed by atoms with Crippen LogP contribution < -0.4 is 0 Å². The Bertz CT molecular complexity index is 1210. The van der Waals surface area contributed by atoms with E-state index >= 15 is 0 Å². The number of para-hydroxylation sites is 1. The highest BCUT2D eigenvalue weighted by Crippen LogP contribution is 2.29. The highest BCUT2D eigenvalue weighted by atomic mass is 14.8. The Balaban J connectivity index is 1.85. The summed E-state index contributed by atoms with van der Waals surface area (Å²) in [4.78, 5) is 14.0. The standard InChI is InChI=1S/C21H13N3/c1-4-14-5-2-12-22-19(14)17(7-1)18-11-10-16-9-8-15-6-3-13-23-20(15)21(16)24-18/h1-13H. The van der Waals surface area contributed by atoms with Crippen molar-refractivity contribution in [1.29, 1.82) is 0 Å². The van der Waals surface area contributed by atoms with Gasteiger partial charge in [-0.1, -0.05) is 48.5 Å². The van der Waals surface area contributed by atoms with E-state index in [0.29, 0.717) is 0 Å². The van der Waals surface area contributed by atoms with Gasteiger partial charge in [-0.3, -0.25) is 9.97 Å². The van der Waals surface area contributed by atoms with Crippen molar-refractivity contribution in [3.63, 3.8) is 0 Å². The summed E-state index contributed by atoms with van der Waals surface area (Å²) in [5.41, 5.74) is 4.80. The Labute approximate surface area is 138 Å². The minimum absolute atomic E-state index is 0.921. The minimum atomic E-state index is 0.921. The fourth-order valence-electron chi connectivity index (χ4n) is 3.18. The monoisotopic (exact) mass is 307 g/mol. The van der Waals surface area contributed by atoms with E-state index in [4.69, 9.17) is 4.98 Å². The largest absolute Gasteiger partial charge is 0.256 e. The summed E-state index contributed by atoms with van der Waals surface area (Å²) >= 11 is 0. The van der Waals surface area contributed by atoms with Gasteiger partial charge in [0.2, 0.25) is 0 Å². The number of hydrogen-bond acceptors (Lipinski definition) is 3. The van der Waals surface area contributed by atoms with E-state index in [-0.39, 0.29) is 0 Å². The molecule has 5 rings (SSSR count). The maximum Gasteiger partial charge on any atom is 0.0972 e. The van der Waals surface area contributed by atoms with Crippen molar-refractivity contribution < 1.29 is 0 Å². The van der Waals surface area contributed by atoms with Crippen molar-refractivity contribution in [1.82, 2.24) is 15.0 Å². The smallest absolute Gasteiger partial charge is 0.0972 e. The normalized spacial score (nSPS) is 11.3. The molecule has 24 heavy (non-hydrogen) atoms. The lowest BCUT2D eigenvalue weighted by molar-refractivity contribution is 1.36. The molecule has 0 spiro atoms. The summed E-state index contributed by atoms with van der Waals surface area (Å²) in [6, 6.07) is 22.6. The molecule has 0 radical (unpaired) electrons. The molecule has 3 heterocycles. The van der Waals surface area contributed by atoms with Gasteiger partial charge < -0.3 is 0 Å². The Morgan fingerprint density at radius 1 is 0.500 bits per heavy atom. The van der Waals surface area contributed by atoms with Crippen LogP contribution >= 0.6 is 0 Å². The van der Waals surface area contributed by atoms with Gasteiger partial charge in [0.1, 0.15) is 0 Å². The minimum Gasteiger partial charge on any atom is -0.256 e. The average molecular weight is 307 g/mol. The van der Waals surface area contributed by atoms with Gasteiger partial charge in [0.25, 0.3) is 0 Å². The summed E-state index contributed by atoms with van der Waals surface area (Å²) in [5, 5.41) is 3.32. The quantitative estimate of drug-likeness (QED) is 0.409. The van der Waals surface area contributed by atoms with Crippen molar-refractivity contribution in [2.75, 3.05) is 0 Å². The van der Waals surface area contributed by atoms with E-state index in [9.17, 15) is 0 Å². The first-order valence-corrected chi connectivity index (χ1v) is 7.89. The topological polar surface area (TPSA) is 38.7 Å². The van der Waals surface area contributed by atoms with Gasteiger partial charge in [0.05, 0.1) is 22.2 Å². The van der Waals surface area contributed by atoms with Crippen LogP contribution in [0.5, 0.6) is 0 Å². The molecule has 0 saturated heterocycles. The summed E-state index contributed by atoms with van der Waals surface area (Å²) in [7, 11) is 0. The predicted molar refractivity (Wildman–Crippen MR) is 97.8 cm³/mol. The van der Waals surface area contributed by atoms with Crippen LogP contribution in [0.2, 0.25) is 0 Å². The molecule has 3 nitrogen and oxygen atoms in total. The van der Waals surface area contributed by atoms with E-state index in [0.717, 1.165) is 44.0 Å². The molecule has 3 heteroatoms. The molecule has 112 valence electrons. The number of hydrogen-bond donors (Lipinski definition) is 0. The first-order valence-electron chi connectivity index (χ1n) is 7.89. The third kappa shape index (κ3) is 1.95. The number of fused-ring (bicyclic) bond motifs is 4. The molecule has 0 aliphatic carbocycles. The third-order valence-electron chi connectivity index (χ3n) is 4.34. The molecule has 0 amide bonds. The van der Waals surface area contributed by atoms with Gasteiger partial charge in [0.15, 0.2) is 0 Å². The average Bonchev–Trinajstić information content (AvgIpc) is 2.67. The van der Waals surface area contributed by atoms with Crippen LogP contribution in [-0.2, 0) is 0 Å². The van der Waals surface area contributed by atoms with Crippen LogP contribution in [0, 0.1) is 0 Å². The molecule has 3 aromatic heterocycles. The second-order valence-corrected chi connectivity index (χ2v) is 5.79. The second kappa shape index (κ2) is 5.10. The van der Waals surface area contributed by atoms with Gasteiger partial charge in [0, 0.05) is 34.1 Å². The summed E-state index contributed by atoms with van der Waals surface area (Å²) in [5.74, 6) is 0. The number of pyridine rings is 3. The lowest BCUT2D eigenvalue weighted by atomic mass is 10.0. The third-order valence-corrected chi connectivity index (χ3v) is 4.34. The highest BCUT2D eigenvalue weighted by Gasteiger charge is 2.09. The maximum absolute atomic E-state index is 4.92. The highest BCUT2D eigenvalue weighted by molar-refractivity contribution is 6.04. The molecule has 0 unspecified atom stereocenters. The van der Waals surface area contributed by atoms with E-state index in [1.807, 2.05) is 30.6 Å². The zero-order valence-electron chi connectivity index (χ0n) is 12.8. The zero-order chi connectivity index (χ0) is 15.9. The van der Waals surface area contributed by atoms with Crippen molar-refractivity contribution >= 4 is 32.7 Å². The van der Waals surface area contributed by atoms with Gasteiger partial charge >= 0.3 is 0 Å². The molecule has 0 atom stereocenters. The Kier molecular flexibility index (Phi) is 2.79. The summed E-state index contributed by atoms with van der Waals surface area (Å²) < 4.78 is 0. The second-order valence-electron chi connectivity index (χ2n) is 5.79. The van der Waals surface area contributed by atoms with Gasteiger partial charge in [-0.05, 0) is 18.2 Å². The fourth-order valence-corrected chi connectivity index (χ4v) is 3.18. The van der Waals surface area contributed by atoms with Crippen LogP contribution in [-0.4, -0.2) is 15.0 Å². The molecule has 0 aliphatic rings. The van der Waals surface area contributed by atoms with Gasteiger partial charge in [-0.25, -0.2) is 4.98 Å². The van der Waals surface area contributed by atoms with Crippen molar-refractivity contribution in [3.05, 3.63) is 79.1 Å². The van der Waals surface area contributed by atoms with Gasteiger partial charge in [-0.15, -0.1) is 0 Å². The Hall–Kier alpha value is -3.33. The fraction of sp³-hybridized carbons (Fsp3) is 0. The molecule has 5 aromatic rings.